The molecule has 0 spiro atoms. The van der Waals surface area contributed by atoms with Crippen molar-refractivity contribution < 1.29 is 34.1 Å². The van der Waals surface area contributed by atoms with E-state index in [9.17, 15) is 19.5 Å². The first-order valence-electron chi connectivity index (χ1n) is 13.4. The third kappa shape index (κ3) is 7.53. The van der Waals surface area contributed by atoms with Gasteiger partial charge in [0.2, 0.25) is 6.10 Å². The first kappa shape index (κ1) is 28.5. The number of fused-ring (bicyclic) bond motifs is 1. The molecule has 3 N–H and O–H groups in total. The number of aliphatic carboxylic acids is 2. The fourth-order valence-corrected chi connectivity index (χ4v) is 4.64. The van der Waals surface area contributed by atoms with Gasteiger partial charge in [-0.05, 0) is 74.1 Å². The lowest BCUT2D eigenvalue weighted by molar-refractivity contribution is -0.145. The number of unbranched alkanes of at least 4 members (excludes halogenated alkanes) is 1. The molecule has 210 valence electrons. The highest BCUT2D eigenvalue weighted by Crippen LogP contribution is 2.37. The average molecular weight is 547 g/mol. The quantitative estimate of drug-likeness (QED) is 0.251. The Morgan fingerprint density at radius 2 is 1.80 bits per heavy atom. The van der Waals surface area contributed by atoms with Crippen LogP contribution in [0.15, 0.2) is 66.7 Å². The van der Waals surface area contributed by atoms with Crippen molar-refractivity contribution in [2.24, 2.45) is 0 Å². The standard InChI is InChI=1S/C31H34N2O7/c1-21-19-23(39-18-6-5-11-22-9-3-2-4-10-22)15-16-25(21)32-30(36)24-12-7-13-26-29(24)40-27(31(37)38)20-33(26)17-8-14-28(34)35/h2-4,7,9-10,12-13,15-16,19,27H,5-6,8,11,14,17-18,20H2,1H3,(H,32,36)(H,34,35)(H,37,38). The van der Waals surface area contributed by atoms with Crippen LogP contribution >= 0.6 is 0 Å². The second-order valence-electron chi connectivity index (χ2n) is 9.76. The number of nitrogens with one attached hydrogen (secondary N) is 1. The summed E-state index contributed by atoms with van der Waals surface area (Å²) in [6.07, 6.45) is 2.07. The molecular formula is C31H34N2O7. The fraction of sp³-hybridized carbons (Fsp3) is 0.323. The molecule has 0 saturated heterocycles. The third-order valence-corrected chi connectivity index (χ3v) is 6.74. The summed E-state index contributed by atoms with van der Waals surface area (Å²) >= 11 is 0. The number of carboxylic acids is 2. The number of carbonyl (C=O) groups is 3. The van der Waals surface area contributed by atoms with E-state index in [4.69, 9.17) is 14.6 Å². The minimum atomic E-state index is -1.18. The maximum atomic E-state index is 13.3. The number of aryl methyl sites for hydroxylation is 2. The fourth-order valence-electron chi connectivity index (χ4n) is 4.64. The highest BCUT2D eigenvalue weighted by molar-refractivity contribution is 6.08. The van der Waals surface area contributed by atoms with Crippen molar-refractivity contribution in [1.82, 2.24) is 0 Å². The molecule has 1 amide bonds. The number of para-hydroxylation sites is 1. The molecule has 0 fully saturated rings. The van der Waals surface area contributed by atoms with Gasteiger partial charge in [0, 0.05) is 18.7 Å². The molecule has 40 heavy (non-hydrogen) atoms. The number of anilines is 2. The number of amides is 1. The summed E-state index contributed by atoms with van der Waals surface area (Å²) < 4.78 is 11.7. The Morgan fingerprint density at radius 3 is 2.52 bits per heavy atom. The van der Waals surface area contributed by atoms with E-state index in [2.05, 4.69) is 17.4 Å². The number of carboxylic acid groups (broad SMARTS) is 2. The number of ether oxygens (including phenoxy) is 2. The van der Waals surface area contributed by atoms with Crippen LogP contribution in [0.5, 0.6) is 11.5 Å². The summed E-state index contributed by atoms with van der Waals surface area (Å²) in [4.78, 5) is 37.8. The number of nitrogens with zero attached hydrogens (tertiary/aromatic N) is 1. The Labute approximate surface area is 233 Å². The van der Waals surface area contributed by atoms with Crippen LogP contribution in [-0.4, -0.2) is 53.9 Å². The van der Waals surface area contributed by atoms with Crippen LogP contribution in [0, 0.1) is 6.92 Å². The number of carbonyl (C=O) groups excluding carboxylic acids is 1. The summed E-state index contributed by atoms with van der Waals surface area (Å²) in [6, 6.07) is 20.8. The maximum Gasteiger partial charge on any atom is 0.346 e. The normalized spacial score (nSPS) is 14.1. The van der Waals surface area contributed by atoms with Gasteiger partial charge in [0.15, 0.2) is 5.75 Å². The number of hydrogen-bond donors (Lipinski definition) is 3. The lowest BCUT2D eigenvalue weighted by atomic mass is 10.1. The molecule has 0 aliphatic carbocycles. The molecule has 1 heterocycles. The van der Waals surface area contributed by atoms with E-state index in [1.165, 1.54) is 5.56 Å². The van der Waals surface area contributed by atoms with E-state index in [1.807, 2.05) is 31.2 Å². The molecule has 0 aromatic heterocycles. The average Bonchev–Trinajstić information content (AvgIpc) is 2.94. The van der Waals surface area contributed by atoms with Crippen molar-refractivity contribution in [3.05, 3.63) is 83.4 Å². The molecular weight excluding hydrogens is 512 g/mol. The zero-order valence-electron chi connectivity index (χ0n) is 22.5. The summed E-state index contributed by atoms with van der Waals surface area (Å²) in [5.41, 5.74) is 3.49. The van der Waals surface area contributed by atoms with Gasteiger partial charge in [-0.1, -0.05) is 36.4 Å². The molecule has 1 aliphatic rings. The van der Waals surface area contributed by atoms with E-state index in [-0.39, 0.29) is 24.3 Å². The maximum absolute atomic E-state index is 13.3. The Kier molecular flexibility index (Phi) is 9.62. The first-order chi connectivity index (χ1) is 19.3. The Hall–Kier alpha value is -4.53. The van der Waals surface area contributed by atoms with Crippen LogP contribution in [0.2, 0.25) is 0 Å². The SMILES string of the molecule is Cc1cc(OCCCCc2ccccc2)ccc1NC(=O)c1cccc2c1OC(C(=O)O)CN2CCCC(=O)O. The highest BCUT2D eigenvalue weighted by atomic mass is 16.5. The topological polar surface area (TPSA) is 125 Å². The number of benzene rings is 3. The Balaban J connectivity index is 1.39. The van der Waals surface area contributed by atoms with Gasteiger partial charge in [0.25, 0.3) is 5.91 Å². The predicted molar refractivity (Wildman–Crippen MR) is 152 cm³/mol. The zero-order chi connectivity index (χ0) is 28.5. The van der Waals surface area contributed by atoms with Gasteiger partial charge >= 0.3 is 11.9 Å². The van der Waals surface area contributed by atoms with Crippen LogP contribution < -0.4 is 19.7 Å². The van der Waals surface area contributed by atoms with Gasteiger partial charge in [-0.25, -0.2) is 4.79 Å². The third-order valence-electron chi connectivity index (χ3n) is 6.74. The lowest BCUT2D eigenvalue weighted by Crippen LogP contribution is -2.45. The van der Waals surface area contributed by atoms with Crippen molar-refractivity contribution >= 4 is 29.2 Å². The lowest BCUT2D eigenvalue weighted by Gasteiger charge is -2.35. The molecule has 0 saturated carbocycles. The minimum absolute atomic E-state index is 0.0444. The van der Waals surface area contributed by atoms with Crippen LogP contribution in [0.1, 0.15) is 47.2 Å². The van der Waals surface area contributed by atoms with Gasteiger partial charge < -0.3 is 29.9 Å². The molecule has 9 heteroatoms. The van der Waals surface area contributed by atoms with E-state index < -0.39 is 23.9 Å². The first-order valence-corrected chi connectivity index (χ1v) is 13.4. The molecule has 1 aliphatic heterocycles. The largest absolute Gasteiger partial charge is 0.494 e. The van der Waals surface area contributed by atoms with E-state index in [1.54, 1.807) is 35.2 Å². The molecule has 3 aromatic rings. The van der Waals surface area contributed by atoms with Crippen molar-refractivity contribution in [2.75, 3.05) is 29.9 Å². The number of hydrogen-bond acceptors (Lipinski definition) is 6. The summed E-state index contributed by atoms with van der Waals surface area (Å²) in [5, 5.41) is 21.5. The molecule has 3 aromatic carbocycles. The summed E-state index contributed by atoms with van der Waals surface area (Å²) in [6.45, 7) is 2.85. The van der Waals surface area contributed by atoms with Crippen LogP contribution in [0.4, 0.5) is 11.4 Å². The van der Waals surface area contributed by atoms with Gasteiger partial charge in [0.1, 0.15) is 5.75 Å². The van der Waals surface area contributed by atoms with E-state index >= 15 is 0 Å². The molecule has 0 bridgehead atoms. The predicted octanol–water partition coefficient (Wildman–Crippen LogP) is 5.17. The van der Waals surface area contributed by atoms with Crippen molar-refractivity contribution in [1.29, 1.82) is 0 Å². The molecule has 1 atom stereocenters. The van der Waals surface area contributed by atoms with Crippen molar-refractivity contribution in [3.63, 3.8) is 0 Å². The Morgan fingerprint density at radius 1 is 1.00 bits per heavy atom. The van der Waals surface area contributed by atoms with Crippen LogP contribution in [0.3, 0.4) is 0 Å². The smallest absolute Gasteiger partial charge is 0.346 e. The van der Waals surface area contributed by atoms with Gasteiger partial charge in [-0.15, -0.1) is 0 Å². The second kappa shape index (κ2) is 13.5. The van der Waals surface area contributed by atoms with E-state index in [0.29, 0.717) is 30.9 Å². The van der Waals surface area contributed by atoms with Crippen molar-refractivity contribution in [2.45, 2.75) is 45.1 Å². The molecule has 0 radical (unpaired) electrons. The molecule has 1 unspecified atom stereocenters. The van der Waals surface area contributed by atoms with E-state index in [0.717, 1.165) is 30.6 Å². The Bertz CT molecular complexity index is 1340. The monoisotopic (exact) mass is 546 g/mol. The molecule has 4 rings (SSSR count). The van der Waals surface area contributed by atoms with Gasteiger partial charge in [0.05, 0.1) is 24.4 Å². The highest BCUT2D eigenvalue weighted by Gasteiger charge is 2.33. The number of rotatable bonds is 13. The minimum Gasteiger partial charge on any atom is -0.494 e. The zero-order valence-corrected chi connectivity index (χ0v) is 22.5. The summed E-state index contributed by atoms with van der Waals surface area (Å²) in [7, 11) is 0. The van der Waals surface area contributed by atoms with Crippen LogP contribution in [-0.2, 0) is 16.0 Å². The second-order valence-corrected chi connectivity index (χ2v) is 9.76. The van der Waals surface area contributed by atoms with Gasteiger partial charge in [-0.3, -0.25) is 9.59 Å². The van der Waals surface area contributed by atoms with Crippen molar-refractivity contribution in [3.8, 4) is 11.5 Å². The summed E-state index contributed by atoms with van der Waals surface area (Å²) in [5.74, 6) is -1.63. The molecule has 9 nitrogen and oxygen atoms in total. The van der Waals surface area contributed by atoms with Gasteiger partial charge in [-0.2, -0.15) is 0 Å². The van der Waals surface area contributed by atoms with Crippen LogP contribution in [0.25, 0.3) is 0 Å².